The summed E-state index contributed by atoms with van der Waals surface area (Å²) in [5.41, 5.74) is 0. The fourth-order valence-electron chi connectivity index (χ4n) is 3.55. The molecule has 1 heterocycles. The zero-order valence-corrected chi connectivity index (χ0v) is 16.0. The van der Waals surface area contributed by atoms with Crippen molar-refractivity contribution in [1.29, 1.82) is 0 Å². The molecule has 7 nitrogen and oxygen atoms in total. The number of hydrogen-bond acceptors (Lipinski definition) is 4. The van der Waals surface area contributed by atoms with E-state index >= 15 is 0 Å². The summed E-state index contributed by atoms with van der Waals surface area (Å²) in [7, 11) is 0. The predicted molar refractivity (Wildman–Crippen MR) is 103 cm³/mol. The van der Waals surface area contributed by atoms with Gasteiger partial charge in [0.25, 0.3) is 0 Å². The smallest absolute Gasteiger partial charge is 0.326 e. The van der Waals surface area contributed by atoms with Crippen molar-refractivity contribution in [2.24, 2.45) is 11.8 Å². The van der Waals surface area contributed by atoms with Crippen LogP contribution in [-0.2, 0) is 14.4 Å². The highest BCUT2D eigenvalue weighted by Crippen LogP contribution is 2.33. The Bertz CT molecular complexity index is 689. The molecule has 0 radical (unpaired) electrons. The van der Waals surface area contributed by atoms with Crippen LogP contribution in [0.2, 0.25) is 0 Å². The van der Waals surface area contributed by atoms with E-state index in [1.165, 1.54) is 0 Å². The summed E-state index contributed by atoms with van der Waals surface area (Å²) >= 11 is 0. The molecule has 1 aromatic rings. The Morgan fingerprint density at radius 3 is 2.61 bits per heavy atom. The second kappa shape index (κ2) is 9.57. The second-order valence-corrected chi connectivity index (χ2v) is 7.67. The van der Waals surface area contributed by atoms with E-state index in [4.69, 9.17) is 4.74 Å². The number of likely N-dealkylation sites (tertiary alicyclic amines) is 1. The van der Waals surface area contributed by atoms with E-state index in [-0.39, 0.29) is 24.2 Å². The minimum absolute atomic E-state index is 0.0406. The molecule has 2 aliphatic rings. The number of benzene rings is 1. The maximum Gasteiger partial charge on any atom is 0.326 e. The van der Waals surface area contributed by atoms with E-state index in [2.05, 4.69) is 5.32 Å². The molecule has 0 aromatic heterocycles. The third-order valence-electron chi connectivity index (χ3n) is 5.35. The van der Waals surface area contributed by atoms with Crippen LogP contribution in [0.1, 0.15) is 38.5 Å². The van der Waals surface area contributed by atoms with Crippen LogP contribution in [0.25, 0.3) is 0 Å². The second-order valence-electron chi connectivity index (χ2n) is 7.67. The van der Waals surface area contributed by atoms with Gasteiger partial charge >= 0.3 is 5.97 Å². The Morgan fingerprint density at radius 2 is 1.93 bits per heavy atom. The molecule has 1 aliphatic heterocycles. The van der Waals surface area contributed by atoms with E-state index in [0.717, 1.165) is 25.0 Å². The van der Waals surface area contributed by atoms with Crippen molar-refractivity contribution in [1.82, 2.24) is 10.2 Å². The molecule has 2 N–H and O–H groups in total. The summed E-state index contributed by atoms with van der Waals surface area (Å²) in [6.45, 7) is 1.25. The molecule has 1 saturated heterocycles. The van der Waals surface area contributed by atoms with Crippen LogP contribution in [0.5, 0.6) is 5.75 Å². The molecular formula is C21H28N2O5. The number of piperidine rings is 1. The number of nitrogens with one attached hydrogen (secondary N) is 1. The monoisotopic (exact) mass is 388 g/mol. The third kappa shape index (κ3) is 5.97. The standard InChI is InChI=1S/C21H28N2O5/c24-19(10-12-28-17-6-2-1-3-7-17)23-11-4-5-16(14-23)20(25)22-18(21(26)27)13-15-8-9-15/h1-3,6-7,15-16,18H,4-5,8-14H2,(H,22,25)(H,26,27). The maximum absolute atomic E-state index is 12.5. The van der Waals surface area contributed by atoms with Crippen LogP contribution in [0.3, 0.4) is 0 Å². The van der Waals surface area contributed by atoms with Crippen LogP contribution in [-0.4, -0.2) is 53.5 Å². The van der Waals surface area contributed by atoms with Crippen molar-refractivity contribution in [3.05, 3.63) is 30.3 Å². The average Bonchev–Trinajstić information content (AvgIpc) is 3.52. The van der Waals surface area contributed by atoms with E-state index in [1.807, 2.05) is 30.3 Å². The molecule has 2 atom stereocenters. The number of nitrogens with zero attached hydrogens (tertiary/aromatic N) is 1. The molecule has 2 amide bonds. The van der Waals surface area contributed by atoms with Gasteiger partial charge in [0, 0.05) is 13.1 Å². The molecule has 152 valence electrons. The lowest BCUT2D eigenvalue weighted by molar-refractivity contribution is -0.144. The Labute approximate surface area is 165 Å². The zero-order chi connectivity index (χ0) is 19.9. The fraction of sp³-hybridized carbons (Fsp3) is 0.571. The van der Waals surface area contributed by atoms with Crippen molar-refractivity contribution in [2.45, 2.75) is 44.6 Å². The number of carbonyl (C=O) groups is 3. The van der Waals surface area contributed by atoms with Crippen molar-refractivity contribution in [3.8, 4) is 5.75 Å². The quantitative estimate of drug-likeness (QED) is 0.675. The topological polar surface area (TPSA) is 95.9 Å². The molecule has 1 aromatic carbocycles. The minimum atomic E-state index is -0.984. The van der Waals surface area contributed by atoms with Crippen LogP contribution in [0, 0.1) is 11.8 Å². The highest BCUT2D eigenvalue weighted by Gasteiger charge is 2.33. The van der Waals surface area contributed by atoms with Gasteiger partial charge in [0.05, 0.1) is 18.9 Å². The van der Waals surface area contributed by atoms with Crippen LogP contribution in [0.15, 0.2) is 30.3 Å². The first-order valence-corrected chi connectivity index (χ1v) is 10.0. The number of rotatable bonds is 9. The lowest BCUT2D eigenvalue weighted by Crippen LogP contribution is -2.49. The number of carboxylic acids is 1. The molecule has 28 heavy (non-hydrogen) atoms. The predicted octanol–water partition coefficient (Wildman–Crippen LogP) is 2.06. The third-order valence-corrected chi connectivity index (χ3v) is 5.35. The summed E-state index contributed by atoms with van der Waals surface area (Å²) < 4.78 is 5.57. The van der Waals surface area contributed by atoms with Gasteiger partial charge in [0.1, 0.15) is 11.8 Å². The SMILES string of the molecule is O=C(NC(CC1CC1)C(=O)O)C1CCCN(C(=O)CCOc2ccccc2)C1. The number of amides is 2. The lowest BCUT2D eigenvalue weighted by Gasteiger charge is -2.32. The van der Waals surface area contributed by atoms with Crippen LogP contribution >= 0.6 is 0 Å². The normalized spacial score (nSPS) is 20.3. The zero-order valence-electron chi connectivity index (χ0n) is 16.0. The van der Waals surface area contributed by atoms with Gasteiger partial charge in [-0.1, -0.05) is 31.0 Å². The molecule has 3 rings (SSSR count). The van der Waals surface area contributed by atoms with Crippen LogP contribution in [0.4, 0.5) is 0 Å². The molecule has 1 aliphatic carbocycles. The summed E-state index contributed by atoms with van der Waals surface area (Å²) in [5, 5.41) is 12.0. The van der Waals surface area contributed by atoms with Gasteiger partial charge in [-0.2, -0.15) is 0 Å². The largest absolute Gasteiger partial charge is 0.493 e. The summed E-state index contributed by atoms with van der Waals surface area (Å²) in [4.78, 5) is 38.1. The van der Waals surface area contributed by atoms with Gasteiger partial charge in [-0.25, -0.2) is 4.79 Å². The van der Waals surface area contributed by atoms with Gasteiger partial charge in [-0.15, -0.1) is 0 Å². The lowest BCUT2D eigenvalue weighted by atomic mass is 9.96. The molecule has 1 saturated carbocycles. The van der Waals surface area contributed by atoms with E-state index in [9.17, 15) is 19.5 Å². The van der Waals surface area contributed by atoms with E-state index < -0.39 is 12.0 Å². The molecule has 0 spiro atoms. The molecule has 0 bridgehead atoms. The van der Waals surface area contributed by atoms with Crippen LogP contribution < -0.4 is 10.1 Å². The van der Waals surface area contributed by atoms with Crippen molar-refractivity contribution in [2.75, 3.05) is 19.7 Å². The summed E-state index contributed by atoms with van der Waals surface area (Å²) in [6.07, 6.45) is 4.23. The van der Waals surface area contributed by atoms with E-state index in [0.29, 0.717) is 38.5 Å². The van der Waals surface area contributed by atoms with Gasteiger partial charge in [-0.3, -0.25) is 9.59 Å². The van der Waals surface area contributed by atoms with Gasteiger partial charge in [0.15, 0.2) is 0 Å². The number of ether oxygens (including phenoxy) is 1. The first-order chi connectivity index (χ1) is 13.5. The molecule has 7 heteroatoms. The number of para-hydroxylation sites is 1. The highest BCUT2D eigenvalue weighted by molar-refractivity contribution is 5.86. The maximum atomic E-state index is 12.5. The Morgan fingerprint density at radius 1 is 1.18 bits per heavy atom. The number of carbonyl (C=O) groups excluding carboxylic acids is 2. The Hall–Kier alpha value is -2.57. The van der Waals surface area contributed by atoms with Gasteiger partial charge in [-0.05, 0) is 37.3 Å². The first-order valence-electron chi connectivity index (χ1n) is 10.0. The van der Waals surface area contributed by atoms with Crippen molar-refractivity contribution >= 4 is 17.8 Å². The molecular weight excluding hydrogens is 360 g/mol. The Kier molecular flexibility index (Phi) is 6.90. The average molecular weight is 388 g/mol. The number of hydrogen-bond donors (Lipinski definition) is 2. The number of aliphatic carboxylic acids is 1. The summed E-state index contributed by atoms with van der Waals surface area (Å²) in [5.74, 6) is -0.500. The summed E-state index contributed by atoms with van der Waals surface area (Å²) in [6, 6.07) is 8.50. The molecule has 2 unspecified atom stereocenters. The highest BCUT2D eigenvalue weighted by atomic mass is 16.5. The Balaban J connectivity index is 1.44. The molecule has 2 fully saturated rings. The van der Waals surface area contributed by atoms with Gasteiger partial charge < -0.3 is 20.1 Å². The first kappa shape index (κ1) is 20.2. The van der Waals surface area contributed by atoms with E-state index in [1.54, 1.807) is 4.90 Å². The minimum Gasteiger partial charge on any atom is -0.493 e. The fourth-order valence-corrected chi connectivity index (χ4v) is 3.55. The number of carboxylic acid groups (broad SMARTS) is 1. The van der Waals surface area contributed by atoms with Crippen molar-refractivity contribution in [3.63, 3.8) is 0 Å². The van der Waals surface area contributed by atoms with Gasteiger partial charge in [0.2, 0.25) is 11.8 Å². The van der Waals surface area contributed by atoms with Crippen molar-refractivity contribution < 1.29 is 24.2 Å².